The second-order valence-electron chi connectivity index (χ2n) is 9.15. The Bertz CT molecular complexity index is 1260. The highest BCUT2D eigenvalue weighted by molar-refractivity contribution is 6.01. The van der Waals surface area contributed by atoms with Gasteiger partial charge in [0.2, 0.25) is 12.7 Å². The number of fused-ring (bicyclic) bond motifs is 1. The lowest BCUT2D eigenvalue weighted by Crippen LogP contribution is -2.31. The molecule has 2 amide bonds. The van der Waals surface area contributed by atoms with E-state index in [1.165, 1.54) is 0 Å². The minimum atomic E-state index is -0.569. The van der Waals surface area contributed by atoms with Crippen molar-refractivity contribution in [3.05, 3.63) is 71.8 Å². The molecule has 2 aliphatic rings. The van der Waals surface area contributed by atoms with Gasteiger partial charge in [0.15, 0.2) is 11.5 Å². The number of amides is 2. The first-order valence-corrected chi connectivity index (χ1v) is 11.7. The predicted octanol–water partition coefficient (Wildman–Crippen LogP) is 3.69. The minimum absolute atomic E-state index is 0. The van der Waals surface area contributed by atoms with Gasteiger partial charge in [-0.15, -0.1) is 0 Å². The number of likely N-dealkylation sites (N-methyl/N-ethyl adjacent to an activating group) is 1. The molecule has 35 heavy (non-hydrogen) atoms. The van der Waals surface area contributed by atoms with Crippen molar-refractivity contribution < 1.29 is 20.5 Å². The van der Waals surface area contributed by atoms with Crippen molar-refractivity contribution >= 4 is 17.6 Å². The first-order chi connectivity index (χ1) is 16.9. The number of pyridine rings is 1. The van der Waals surface area contributed by atoms with Crippen molar-refractivity contribution in [3.8, 4) is 22.8 Å². The van der Waals surface area contributed by atoms with Crippen LogP contribution in [0, 0.1) is 0 Å². The van der Waals surface area contributed by atoms with Gasteiger partial charge in [-0.3, -0.25) is 9.59 Å². The van der Waals surface area contributed by atoms with Gasteiger partial charge in [-0.1, -0.05) is 24.3 Å². The molecule has 1 aliphatic carbocycles. The van der Waals surface area contributed by atoms with Gasteiger partial charge in [0.05, 0.1) is 11.1 Å². The number of aromatic nitrogens is 1. The van der Waals surface area contributed by atoms with Crippen LogP contribution in [-0.2, 0) is 10.2 Å². The second-order valence-corrected chi connectivity index (χ2v) is 9.15. The summed E-state index contributed by atoms with van der Waals surface area (Å²) < 4.78 is 10.9. The normalized spacial score (nSPS) is 15.1. The van der Waals surface area contributed by atoms with Crippen LogP contribution in [0.4, 0.5) is 5.82 Å². The highest BCUT2D eigenvalue weighted by atomic mass is 16.7. The van der Waals surface area contributed by atoms with E-state index in [4.69, 9.17) is 9.47 Å². The largest absolute Gasteiger partial charge is 0.454 e. The summed E-state index contributed by atoms with van der Waals surface area (Å²) in [5.74, 6) is 1.69. The minimum Gasteiger partial charge on any atom is -0.454 e. The molecule has 1 saturated carbocycles. The van der Waals surface area contributed by atoms with E-state index >= 15 is 0 Å². The van der Waals surface area contributed by atoms with E-state index in [2.05, 4.69) is 15.6 Å². The number of hydrogen-bond acceptors (Lipinski definition) is 6. The monoisotopic (exact) mass is 474 g/mol. The third-order valence-electron chi connectivity index (χ3n) is 6.39. The standard InChI is InChI=1S/C27H28N4O4.H2/c1-31(2)15-14-28-25(32)19-8-6-18(7-9-19)21-4-3-5-24(29-21)30-26(33)27(12-13-27)20-10-11-22-23(16-20)35-17-34-22;/h3-11,16H,12-15,17H2,1-2H3,(H,28,32)(H,29,30,33);1H. The molecule has 182 valence electrons. The van der Waals surface area contributed by atoms with Crippen LogP contribution < -0.4 is 20.1 Å². The number of nitrogens with zero attached hydrogens (tertiary/aromatic N) is 2. The van der Waals surface area contributed by atoms with Crippen molar-refractivity contribution in [3.63, 3.8) is 0 Å². The molecule has 0 radical (unpaired) electrons. The number of carbonyl (C=O) groups excluding carboxylic acids is 2. The fraction of sp³-hybridized carbons (Fsp3) is 0.296. The Balaban J connectivity index is 0.00000304. The lowest BCUT2D eigenvalue weighted by atomic mass is 9.94. The highest BCUT2D eigenvalue weighted by Crippen LogP contribution is 2.51. The van der Waals surface area contributed by atoms with Gasteiger partial charge in [0.1, 0.15) is 5.82 Å². The first kappa shape index (κ1) is 22.9. The van der Waals surface area contributed by atoms with E-state index in [1.807, 2.05) is 61.5 Å². The van der Waals surface area contributed by atoms with Gasteiger partial charge in [-0.05, 0) is 68.9 Å². The number of anilines is 1. The van der Waals surface area contributed by atoms with Crippen LogP contribution in [0.15, 0.2) is 60.7 Å². The summed E-state index contributed by atoms with van der Waals surface area (Å²) in [6.45, 7) is 1.57. The molecule has 0 bridgehead atoms. The van der Waals surface area contributed by atoms with Crippen LogP contribution >= 0.6 is 0 Å². The second kappa shape index (κ2) is 9.38. The van der Waals surface area contributed by atoms with Crippen LogP contribution in [0.5, 0.6) is 11.5 Å². The van der Waals surface area contributed by atoms with Gasteiger partial charge >= 0.3 is 0 Å². The van der Waals surface area contributed by atoms with Gasteiger partial charge in [0, 0.05) is 25.6 Å². The molecule has 0 saturated heterocycles. The molecular weight excluding hydrogens is 444 g/mol. The van der Waals surface area contributed by atoms with Crippen molar-refractivity contribution in [2.45, 2.75) is 18.3 Å². The van der Waals surface area contributed by atoms with Crippen LogP contribution in [0.2, 0.25) is 0 Å². The molecule has 2 heterocycles. The summed E-state index contributed by atoms with van der Waals surface area (Å²) in [4.78, 5) is 32.2. The molecule has 0 atom stereocenters. The maximum atomic E-state index is 13.2. The van der Waals surface area contributed by atoms with E-state index in [0.29, 0.717) is 29.4 Å². The summed E-state index contributed by atoms with van der Waals surface area (Å²) in [5.41, 5.74) is 2.53. The fourth-order valence-corrected chi connectivity index (χ4v) is 4.15. The van der Waals surface area contributed by atoms with Crippen LogP contribution in [0.25, 0.3) is 11.3 Å². The van der Waals surface area contributed by atoms with Gasteiger partial charge < -0.3 is 25.0 Å². The van der Waals surface area contributed by atoms with E-state index in [0.717, 1.165) is 36.2 Å². The average Bonchev–Trinajstić information content (AvgIpc) is 3.55. The lowest BCUT2D eigenvalue weighted by molar-refractivity contribution is -0.118. The first-order valence-electron chi connectivity index (χ1n) is 11.7. The van der Waals surface area contributed by atoms with Crippen molar-refractivity contribution in [1.82, 2.24) is 15.2 Å². The SMILES string of the molecule is CN(C)CCNC(=O)c1ccc(-c2cccc(NC(=O)C3(c4ccc5c(c4)OCO5)CC3)n2)cc1.[HH]. The summed E-state index contributed by atoms with van der Waals surface area (Å²) >= 11 is 0. The fourth-order valence-electron chi connectivity index (χ4n) is 4.15. The molecule has 5 rings (SSSR count). The maximum Gasteiger partial charge on any atom is 0.251 e. The Morgan fingerprint density at radius 2 is 1.80 bits per heavy atom. The molecular formula is C27H30N4O4. The van der Waals surface area contributed by atoms with E-state index < -0.39 is 5.41 Å². The zero-order valence-electron chi connectivity index (χ0n) is 19.8. The number of ether oxygens (including phenoxy) is 2. The number of hydrogen-bond donors (Lipinski definition) is 2. The van der Waals surface area contributed by atoms with Crippen LogP contribution in [0.1, 0.15) is 30.2 Å². The highest BCUT2D eigenvalue weighted by Gasteiger charge is 2.51. The average molecular weight is 475 g/mol. The zero-order chi connectivity index (χ0) is 24.4. The van der Waals surface area contributed by atoms with Gasteiger partial charge in [-0.2, -0.15) is 0 Å². The smallest absolute Gasteiger partial charge is 0.251 e. The van der Waals surface area contributed by atoms with E-state index in [-0.39, 0.29) is 20.0 Å². The van der Waals surface area contributed by atoms with Crippen molar-refractivity contribution in [1.29, 1.82) is 0 Å². The van der Waals surface area contributed by atoms with Crippen LogP contribution in [0.3, 0.4) is 0 Å². The third kappa shape index (κ3) is 4.83. The van der Waals surface area contributed by atoms with E-state index in [9.17, 15) is 9.59 Å². The Morgan fingerprint density at radius 3 is 2.54 bits per heavy atom. The van der Waals surface area contributed by atoms with Gasteiger partial charge in [-0.25, -0.2) is 4.98 Å². The Morgan fingerprint density at radius 1 is 1.03 bits per heavy atom. The lowest BCUT2D eigenvalue weighted by Gasteiger charge is -2.16. The Hall–Kier alpha value is -3.91. The summed E-state index contributed by atoms with van der Waals surface area (Å²) in [5, 5.41) is 5.90. The molecule has 1 fully saturated rings. The molecule has 8 heteroatoms. The predicted molar refractivity (Wildman–Crippen MR) is 135 cm³/mol. The topological polar surface area (TPSA) is 92.8 Å². The van der Waals surface area contributed by atoms with Crippen molar-refractivity contribution in [2.75, 3.05) is 39.3 Å². The maximum absolute atomic E-state index is 13.2. The molecule has 1 aromatic heterocycles. The number of benzene rings is 2. The Labute approximate surface area is 205 Å². The van der Waals surface area contributed by atoms with Crippen molar-refractivity contribution in [2.24, 2.45) is 0 Å². The Kier molecular flexibility index (Phi) is 6.13. The molecule has 2 aromatic carbocycles. The summed E-state index contributed by atoms with van der Waals surface area (Å²) in [7, 11) is 3.93. The molecule has 8 nitrogen and oxygen atoms in total. The molecule has 0 unspecified atom stereocenters. The quantitative estimate of drug-likeness (QED) is 0.517. The van der Waals surface area contributed by atoms with Crippen LogP contribution in [-0.4, -0.2) is 55.7 Å². The number of nitrogens with one attached hydrogen (secondary N) is 2. The zero-order valence-corrected chi connectivity index (χ0v) is 19.8. The van der Waals surface area contributed by atoms with Gasteiger partial charge in [0.25, 0.3) is 5.91 Å². The molecule has 0 spiro atoms. The summed E-state index contributed by atoms with van der Waals surface area (Å²) in [6, 6.07) is 18.5. The summed E-state index contributed by atoms with van der Waals surface area (Å²) in [6.07, 6.45) is 1.55. The van der Waals surface area contributed by atoms with E-state index in [1.54, 1.807) is 18.2 Å². The number of carbonyl (C=O) groups is 2. The molecule has 3 aromatic rings. The molecule has 1 aliphatic heterocycles. The molecule has 2 N–H and O–H groups in total. The third-order valence-corrected chi connectivity index (χ3v) is 6.39. The number of rotatable bonds is 8.